The molecule has 2 heterocycles. The van der Waals surface area contributed by atoms with Gasteiger partial charge in [0.25, 0.3) is 0 Å². The van der Waals surface area contributed by atoms with Crippen LogP contribution < -0.4 is 0 Å². The zero-order chi connectivity index (χ0) is 22.3. The van der Waals surface area contributed by atoms with E-state index in [1.165, 1.54) is 6.20 Å². The van der Waals surface area contributed by atoms with Gasteiger partial charge in [0.05, 0.1) is 5.56 Å². The molecule has 6 heteroatoms. The van der Waals surface area contributed by atoms with Gasteiger partial charge in [0.1, 0.15) is 5.82 Å². The molecule has 0 aliphatic carbocycles. The lowest BCUT2D eigenvalue weighted by Gasteiger charge is -2.08. The summed E-state index contributed by atoms with van der Waals surface area (Å²) in [5.41, 5.74) is 3.82. The molecule has 0 spiro atoms. The number of unbranched alkanes of at least 4 members (excludes halogenated alkanes) is 2. The molecule has 0 bridgehead atoms. The number of benzene rings is 2. The molecule has 162 valence electrons. The van der Waals surface area contributed by atoms with Gasteiger partial charge in [-0.1, -0.05) is 74.4 Å². The maximum atomic E-state index is 11.5. The van der Waals surface area contributed by atoms with Crippen molar-refractivity contribution in [1.29, 1.82) is 0 Å². The first-order valence-electron chi connectivity index (χ1n) is 10.9. The highest BCUT2D eigenvalue weighted by atomic mass is 16.4. The monoisotopic (exact) mass is 426 g/mol. The summed E-state index contributed by atoms with van der Waals surface area (Å²) in [5.74, 6) is 0.699. The van der Waals surface area contributed by atoms with E-state index in [4.69, 9.17) is 10.1 Å². The van der Waals surface area contributed by atoms with Gasteiger partial charge in [-0.25, -0.2) is 14.5 Å². The number of hydrogen-bond acceptors (Lipinski definition) is 4. The fourth-order valence-corrected chi connectivity index (χ4v) is 3.71. The molecule has 0 saturated heterocycles. The minimum atomic E-state index is -0.981. The first kappa shape index (κ1) is 21.4. The van der Waals surface area contributed by atoms with Crippen molar-refractivity contribution in [3.63, 3.8) is 0 Å². The maximum Gasteiger partial charge on any atom is 0.337 e. The van der Waals surface area contributed by atoms with Gasteiger partial charge in [-0.05, 0) is 29.2 Å². The molecule has 0 unspecified atom stereocenters. The Morgan fingerprint density at radius 1 is 0.969 bits per heavy atom. The quantitative estimate of drug-likeness (QED) is 0.358. The van der Waals surface area contributed by atoms with Crippen molar-refractivity contribution in [1.82, 2.24) is 19.7 Å². The lowest BCUT2D eigenvalue weighted by molar-refractivity contribution is 0.0697. The lowest BCUT2D eigenvalue weighted by Crippen LogP contribution is -2.07. The highest BCUT2D eigenvalue weighted by Gasteiger charge is 2.14. The second kappa shape index (κ2) is 10.0. The van der Waals surface area contributed by atoms with Crippen LogP contribution in [0.5, 0.6) is 0 Å². The first-order valence-corrected chi connectivity index (χ1v) is 10.9. The van der Waals surface area contributed by atoms with Crippen molar-refractivity contribution in [3.8, 4) is 22.5 Å². The largest absolute Gasteiger partial charge is 0.478 e. The normalized spacial score (nSPS) is 10.9. The summed E-state index contributed by atoms with van der Waals surface area (Å²) in [4.78, 5) is 20.3. The van der Waals surface area contributed by atoms with Gasteiger partial charge in [0, 0.05) is 30.9 Å². The van der Waals surface area contributed by atoms with E-state index in [-0.39, 0.29) is 5.56 Å². The number of carboxylic acids is 1. The van der Waals surface area contributed by atoms with E-state index in [0.717, 1.165) is 54.1 Å². The van der Waals surface area contributed by atoms with E-state index in [9.17, 15) is 9.90 Å². The Balaban J connectivity index is 1.59. The molecule has 0 fully saturated rings. The van der Waals surface area contributed by atoms with E-state index in [1.807, 2.05) is 59.3 Å². The number of rotatable bonds is 9. The van der Waals surface area contributed by atoms with Crippen molar-refractivity contribution in [3.05, 3.63) is 90.0 Å². The zero-order valence-corrected chi connectivity index (χ0v) is 18.1. The molecule has 6 nitrogen and oxygen atoms in total. The Morgan fingerprint density at radius 2 is 1.75 bits per heavy atom. The Hall–Kier alpha value is -3.80. The standard InChI is InChI=1S/C26H26N4O2/c1-2-3-7-16-30-24(28-25(29-30)21-8-5-4-6-9-21)17-19-10-12-20(13-11-19)22-14-15-27-18-23(22)26(31)32/h4-6,8-15,18H,2-3,7,16-17H2,1H3,(H,31,32). The smallest absolute Gasteiger partial charge is 0.337 e. The summed E-state index contributed by atoms with van der Waals surface area (Å²) in [7, 11) is 0. The van der Waals surface area contributed by atoms with Gasteiger partial charge in [-0.3, -0.25) is 4.98 Å². The summed E-state index contributed by atoms with van der Waals surface area (Å²) in [5, 5.41) is 14.2. The molecule has 0 amide bonds. The molecule has 0 atom stereocenters. The second-order valence-corrected chi connectivity index (χ2v) is 7.75. The van der Waals surface area contributed by atoms with Crippen molar-refractivity contribution < 1.29 is 9.90 Å². The number of hydrogen-bond donors (Lipinski definition) is 1. The lowest BCUT2D eigenvalue weighted by atomic mass is 10.00. The van der Waals surface area contributed by atoms with Crippen LogP contribution >= 0.6 is 0 Å². The minimum absolute atomic E-state index is 0.198. The minimum Gasteiger partial charge on any atom is -0.478 e. The van der Waals surface area contributed by atoms with Crippen LogP contribution in [-0.4, -0.2) is 30.8 Å². The predicted molar refractivity (Wildman–Crippen MR) is 124 cm³/mol. The average Bonchev–Trinajstić information content (AvgIpc) is 3.23. The third-order valence-corrected chi connectivity index (χ3v) is 5.43. The van der Waals surface area contributed by atoms with Crippen LogP contribution in [0.2, 0.25) is 0 Å². The second-order valence-electron chi connectivity index (χ2n) is 7.75. The van der Waals surface area contributed by atoms with Gasteiger partial charge in [0.15, 0.2) is 5.82 Å². The number of nitrogens with zero attached hydrogens (tertiary/aromatic N) is 4. The number of carboxylic acid groups (broad SMARTS) is 1. The van der Waals surface area contributed by atoms with Crippen LogP contribution in [0.15, 0.2) is 73.1 Å². The van der Waals surface area contributed by atoms with E-state index in [0.29, 0.717) is 12.0 Å². The summed E-state index contributed by atoms with van der Waals surface area (Å²) in [6.45, 7) is 3.04. The number of pyridine rings is 1. The van der Waals surface area contributed by atoms with E-state index in [2.05, 4.69) is 11.9 Å². The first-order chi connectivity index (χ1) is 15.7. The predicted octanol–water partition coefficient (Wildman–Crippen LogP) is 5.49. The van der Waals surface area contributed by atoms with E-state index < -0.39 is 5.97 Å². The van der Waals surface area contributed by atoms with Gasteiger partial charge in [-0.15, -0.1) is 0 Å². The fourth-order valence-electron chi connectivity index (χ4n) is 3.71. The van der Waals surface area contributed by atoms with Crippen LogP contribution in [0.4, 0.5) is 0 Å². The van der Waals surface area contributed by atoms with Crippen molar-refractivity contribution >= 4 is 5.97 Å². The summed E-state index contributed by atoms with van der Waals surface area (Å²) < 4.78 is 2.03. The van der Waals surface area contributed by atoms with Gasteiger partial charge < -0.3 is 5.11 Å². The van der Waals surface area contributed by atoms with Gasteiger partial charge in [0.2, 0.25) is 0 Å². The average molecular weight is 427 g/mol. The molecule has 0 radical (unpaired) electrons. The highest BCUT2D eigenvalue weighted by molar-refractivity contribution is 5.95. The molecule has 4 rings (SSSR count). The third-order valence-electron chi connectivity index (χ3n) is 5.43. The van der Waals surface area contributed by atoms with Crippen LogP contribution in [0.1, 0.15) is 47.9 Å². The van der Waals surface area contributed by atoms with Crippen molar-refractivity contribution in [2.24, 2.45) is 0 Å². The van der Waals surface area contributed by atoms with E-state index >= 15 is 0 Å². The molecular formula is C26H26N4O2. The Labute approximate surface area is 187 Å². The topological polar surface area (TPSA) is 80.9 Å². The fraction of sp³-hybridized carbons (Fsp3) is 0.231. The van der Waals surface area contributed by atoms with E-state index in [1.54, 1.807) is 12.3 Å². The van der Waals surface area contributed by atoms with Crippen LogP contribution in [-0.2, 0) is 13.0 Å². The molecule has 32 heavy (non-hydrogen) atoms. The molecule has 0 saturated carbocycles. The third kappa shape index (κ3) is 4.91. The summed E-state index contributed by atoms with van der Waals surface area (Å²) >= 11 is 0. The Bertz CT molecular complexity index is 1180. The van der Waals surface area contributed by atoms with Crippen LogP contribution in [0, 0.1) is 0 Å². The summed E-state index contributed by atoms with van der Waals surface area (Å²) in [6.07, 6.45) is 7.04. The molecule has 0 aliphatic heterocycles. The number of carbonyl (C=O) groups is 1. The number of aryl methyl sites for hydroxylation is 1. The molecule has 2 aromatic carbocycles. The van der Waals surface area contributed by atoms with Crippen LogP contribution in [0.3, 0.4) is 0 Å². The molecule has 2 aromatic heterocycles. The molecule has 1 N–H and O–H groups in total. The molecule has 4 aromatic rings. The summed E-state index contributed by atoms with van der Waals surface area (Å²) in [6, 6.07) is 19.7. The van der Waals surface area contributed by atoms with Crippen molar-refractivity contribution in [2.45, 2.75) is 39.2 Å². The van der Waals surface area contributed by atoms with Crippen LogP contribution in [0.25, 0.3) is 22.5 Å². The van der Waals surface area contributed by atoms with Gasteiger partial charge in [-0.2, -0.15) is 5.10 Å². The molecular weight excluding hydrogens is 400 g/mol. The number of aromatic carboxylic acids is 1. The SMILES string of the molecule is CCCCCn1nc(-c2ccccc2)nc1Cc1ccc(-c2ccncc2C(=O)O)cc1. The Morgan fingerprint density at radius 3 is 2.47 bits per heavy atom. The number of aromatic nitrogens is 4. The van der Waals surface area contributed by atoms with Crippen molar-refractivity contribution in [2.75, 3.05) is 0 Å². The maximum absolute atomic E-state index is 11.5. The Kier molecular flexibility index (Phi) is 6.70. The highest BCUT2D eigenvalue weighted by Crippen LogP contribution is 2.24. The zero-order valence-electron chi connectivity index (χ0n) is 18.1. The molecule has 0 aliphatic rings. The van der Waals surface area contributed by atoms with Gasteiger partial charge >= 0.3 is 5.97 Å².